The van der Waals surface area contributed by atoms with Gasteiger partial charge in [-0.2, -0.15) is 5.26 Å². The molecule has 31 heavy (non-hydrogen) atoms. The van der Waals surface area contributed by atoms with E-state index in [4.69, 9.17) is 4.74 Å². The molecule has 164 valence electrons. The summed E-state index contributed by atoms with van der Waals surface area (Å²) in [5, 5.41) is 12.9. The first-order chi connectivity index (χ1) is 14.9. The molecule has 1 unspecified atom stereocenters. The number of hydrogen-bond acceptors (Lipinski definition) is 7. The fourth-order valence-corrected chi connectivity index (χ4v) is 4.24. The largest absolute Gasteiger partial charge is 0.364 e. The Morgan fingerprint density at radius 2 is 2.16 bits per heavy atom. The summed E-state index contributed by atoms with van der Waals surface area (Å²) in [6.07, 6.45) is 3.17. The van der Waals surface area contributed by atoms with Crippen LogP contribution in [0.1, 0.15) is 25.5 Å². The number of rotatable bonds is 4. The van der Waals surface area contributed by atoms with E-state index in [9.17, 15) is 10.1 Å². The van der Waals surface area contributed by atoms with Crippen molar-refractivity contribution in [3.63, 3.8) is 0 Å². The zero-order valence-corrected chi connectivity index (χ0v) is 17.8. The number of carbonyl (C=O) groups is 1. The number of likely N-dealkylation sites (tertiary alicyclic amines) is 1. The standard InChI is InChI=1S/C22H27FN6O2/c1-15-12-29(18-11-26-17(10-24)20-16(18)4-3-7-25-20)13-19(31-15)21(30)27-14-22(23)5-8-28(2)9-6-22/h3-4,7,11,15,19H,5-6,8-9,12-14H2,1-2H3,(H,27,30)/t15-,19?/m1/s1. The van der Waals surface area contributed by atoms with Crippen LogP contribution in [-0.4, -0.2) is 78.4 Å². The average molecular weight is 426 g/mol. The number of hydrogen-bond donors (Lipinski definition) is 1. The molecule has 2 aromatic rings. The number of morpholine rings is 1. The number of ether oxygens (including phenoxy) is 1. The molecular formula is C22H27FN6O2. The highest BCUT2D eigenvalue weighted by molar-refractivity contribution is 5.94. The first-order valence-electron chi connectivity index (χ1n) is 10.6. The lowest BCUT2D eigenvalue weighted by molar-refractivity contribution is -0.138. The average Bonchev–Trinajstić information content (AvgIpc) is 2.78. The number of fused-ring (bicyclic) bond motifs is 1. The third-order valence-electron chi connectivity index (χ3n) is 6.09. The van der Waals surface area contributed by atoms with Crippen LogP contribution in [-0.2, 0) is 9.53 Å². The van der Waals surface area contributed by atoms with Gasteiger partial charge in [0.25, 0.3) is 5.91 Å². The van der Waals surface area contributed by atoms with Crippen molar-refractivity contribution in [2.45, 2.75) is 37.6 Å². The topological polar surface area (TPSA) is 94.4 Å². The van der Waals surface area contributed by atoms with Gasteiger partial charge in [-0.25, -0.2) is 9.37 Å². The highest BCUT2D eigenvalue weighted by atomic mass is 19.1. The number of nitriles is 1. The molecule has 2 aliphatic heterocycles. The third-order valence-corrected chi connectivity index (χ3v) is 6.09. The maximum absolute atomic E-state index is 15.0. The molecule has 0 bridgehead atoms. The van der Waals surface area contributed by atoms with Gasteiger partial charge in [0.15, 0.2) is 11.8 Å². The number of halogens is 1. The molecule has 2 aromatic heterocycles. The molecule has 0 saturated carbocycles. The molecule has 4 rings (SSSR count). The summed E-state index contributed by atoms with van der Waals surface area (Å²) >= 11 is 0. The SMILES string of the molecule is C[C@@H]1CN(c2cnc(C#N)c3ncccc23)CC(C(=O)NCC2(F)CCN(C)CC2)O1. The summed E-state index contributed by atoms with van der Waals surface area (Å²) in [6.45, 7) is 4.15. The number of alkyl halides is 1. The third kappa shape index (κ3) is 4.60. The highest BCUT2D eigenvalue weighted by Crippen LogP contribution is 2.29. The van der Waals surface area contributed by atoms with Crippen LogP contribution in [0, 0.1) is 11.3 Å². The molecule has 0 aliphatic carbocycles. The first-order valence-corrected chi connectivity index (χ1v) is 10.6. The lowest BCUT2D eigenvalue weighted by Gasteiger charge is -2.38. The Morgan fingerprint density at radius 3 is 2.90 bits per heavy atom. The fraction of sp³-hybridized carbons (Fsp3) is 0.545. The first kappa shape index (κ1) is 21.4. The van der Waals surface area contributed by atoms with Gasteiger partial charge in [0.05, 0.1) is 31.1 Å². The Kier molecular flexibility index (Phi) is 6.03. The number of anilines is 1. The monoisotopic (exact) mass is 426 g/mol. The number of nitrogens with zero attached hydrogens (tertiary/aromatic N) is 5. The van der Waals surface area contributed by atoms with E-state index >= 15 is 4.39 Å². The summed E-state index contributed by atoms with van der Waals surface area (Å²) in [4.78, 5) is 25.5. The van der Waals surface area contributed by atoms with E-state index < -0.39 is 11.8 Å². The summed E-state index contributed by atoms with van der Waals surface area (Å²) in [5.41, 5.74) is 0.221. The molecule has 2 atom stereocenters. The number of nitrogens with one attached hydrogen (secondary N) is 1. The van der Waals surface area contributed by atoms with Crippen molar-refractivity contribution in [3.05, 3.63) is 30.2 Å². The zero-order valence-electron chi connectivity index (χ0n) is 17.8. The van der Waals surface area contributed by atoms with Gasteiger partial charge in [-0.15, -0.1) is 0 Å². The van der Waals surface area contributed by atoms with E-state index in [2.05, 4.69) is 26.3 Å². The Labute approximate surface area is 181 Å². The summed E-state index contributed by atoms with van der Waals surface area (Å²) in [6, 6.07) is 5.77. The van der Waals surface area contributed by atoms with Gasteiger partial charge in [-0.05, 0) is 38.9 Å². The number of carbonyl (C=O) groups excluding carboxylic acids is 1. The van der Waals surface area contributed by atoms with Crippen LogP contribution in [0.4, 0.5) is 10.1 Å². The second kappa shape index (κ2) is 8.73. The highest BCUT2D eigenvalue weighted by Gasteiger charge is 2.36. The molecule has 8 nitrogen and oxygen atoms in total. The van der Waals surface area contributed by atoms with Crippen LogP contribution in [0.25, 0.3) is 10.9 Å². The number of amides is 1. The Balaban J connectivity index is 1.48. The van der Waals surface area contributed by atoms with E-state index in [-0.39, 0.29) is 24.2 Å². The van der Waals surface area contributed by atoms with Crippen molar-refractivity contribution in [1.29, 1.82) is 5.26 Å². The van der Waals surface area contributed by atoms with Crippen molar-refractivity contribution >= 4 is 22.5 Å². The minimum atomic E-state index is -1.37. The maximum atomic E-state index is 15.0. The Bertz CT molecular complexity index is 1000. The second-order valence-electron chi connectivity index (χ2n) is 8.52. The summed E-state index contributed by atoms with van der Waals surface area (Å²) in [7, 11) is 1.97. The minimum absolute atomic E-state index is 0.000807. The molecule has 2 fully saturated rings. The Hall–Kier alpha value is -2.83. The van der Waals surface area contributed by atoms with Gasteiger partial charge in [0, 0.05) is 31.2 Å². The number of piperidine rings is 1. The van der Waals surface area contributed by atoms with Crippen LogP contribution < -0.4 is 10.2 Å². The molecule has 1 amide bonds. The van der Waals surface area contributed by atoms with Gasteiger partial charge in [-0.1, -0.05) is 0 Å². The van der Waals surface area contributed by atoms with Crippen molar-refractivity contribution < 1.29 is 13.9 Å². The van der Waals surface area contributed by atoms with E-state index in [1.165, 1.54) is 0 Å². The summed E-state index contributed by atoms with van der Waals surface area (Å²) in [5.74, 6) is -0.309. The molecule has 0 radical (unpaired) electrons. The predicted molar refractivity (Wildman–Crippen MR) is 114 cm³/mol. The van der Waals surface area contributed by atoms with Gasteiger partial charge in [-0.3, -0.25) is 9.78 Å². The number of aromatic nitrogens is 2. The molecule has 0 aromatic carbocycles. The minimum Gasteiger partial charge on any atom is -0.364 e. The van der Waals surface area contributed by atoms with Crippen LogP contribution >= 0.6 is 0 Å². The number of pyridine rings is 2. The molecule has 4 heterocycles. The van der Waals surface area contributed by atoms with Crippen LogP contribution in [0.5, 0.6) is 0 Å². The molecule has 2 saturated heterocycles. The smallest absolute Gasteiger partial charge is 0.251 e. The Morgan fingerprint density at radius 1 is 1.39 bits per heavy atom. The van der Waals surface area contributed by atoms with Crippen molar-refractivity contribution in [2.75, 3.05) is 44.7 Å². The lowest BCUT2D eigenvalue weighted by atomic mass is 9.93. The van der Waals surface area contributed by atoms with Gasteiger partial charge in [0.1, 0.15) is 17.3 Å². The molecule has 0 spiro atoms. The lowest BCUT2D eigenvalue weighted by Crippen LogP contribution is -2.55. The van der Waals surface area contributed by atoms with Crippen molar-refractivity contribution in [3.8, 4) is 6.07 Å². The quantitative estimate of drug-likeness (QED) is 0.794. The normalized spacial score (nSPS) is 24.0. The molecule has 2 aliphatic rings. The van der Waals surface area contributed by atoms with Crippen molar-refractivity contribution in [1.82, 2.24) is 20.2 Å². The molecular weight excluding hydrogens is 399 g/mol. The van der Waals surface area contributed by atoms with Crippen LogP contribution in [0.15, 0.2) is 24.5 Å². The molecule has 9 heteroatoms. The van der Waals surface area contributed by atoms with Gasteiger partial charge < -0.3 is 19.9 Å². The van der Waals surface area contributed by atoms with E-state index in [0.717, 1.165) is 11.1 Å². The van der Waals surface area contributed by atoms with Crippen LogP contribution in [0.2, 0.25) is 0 Å². The summed E-state index contributed by atoms with van der Waals surface area (Å²) < 4.78 is 20.9. The fourth-order valence-electron chi connectivity index (χ4n) is 4.24. The van der Waals surface area contributed by atoms with Crippen LogP contribution in [0.3, 0.4) is 0 Å². The van der Waals surface area contributed by atoms with Crippen molar-refractivity contribution in [2.24, 2.45) is 0 Å². The van der Waals surface area contributed by atoms with E-state index in [1.54, 1.807) is 12.4 Å². The van der Waals surface area contributed by atoms with E-state index in [0.29, 0.717) is 44.5 Å². The second-order valence-corrected chi connectivity index (χ2v) is 8.52. The zero-order chi connectivity index (χ0) is 22.0. The van der Waals surface area contributed by atoms with Gasteiger partial charge in [0.2, 0.25) is 0 Å². The molecule has 1 N–H and O–H groups in total. The van der Waals surface area contributed by atoms with E-state index in [1.807, 2.05) is 31.0 Å². The maximum Gasteiger partial charge on any atom is 0.251 e. The predicted octanol–water partition coefficient (Wildman–Crippen LogP) is 1.65. The van der Waals surface area contributed by atoms with Gasteiger partial charge >= 0.3 is 0 Å².